The molecule has 16 heavy (non-hydrogen) atoms. The molecule has 0 atom stereocenters. The van der Waals surface area contributed by atoms with Crippen LogP contribution in [-0.2, 0) is 13.0 Å². The molecule has 0 aliphatic carbocycles. The van der Waals surface area contributed by atoms with Gasteiger partial charge in [0.05, 0.1) is 11.4 Å². The van der Waals surface area contributed by atoms with Gasteiger partial charge in [-0.15, -0.1) is 0 Å². The molecule has 0 spiro atoms. The van der Waals surface area contributed by atoms with Crippen LogP contribution in [0.5, 0.6) is 0 Å². The summed E-state index contributed by atoms with van der Waals surface area (Å²) in [5.41, 5.74) is 3.75. The summed E-state index contributed by atoms with van der Waals surface area (Å²) in [4.78, 5) is 2.33. The van der Waals surface area contributed by atoms with Crippen LogP contribution < -0.4 is 0 Å². The molecule has 0 saturated heterocycles. The van der Waals surface area contributed by atoms with E-state index in [4.69, 9.17) is 0 Å². The minimum atomic E-state index is 1.02. The van der Waals surface area contributed by atoms with Crippen molar-refractivity contribution in [3.8, 4) is 5.69 Å². The van der Waals surface area contributed by atoms with Crippen molar-refractivity contribution in [2.75, 3.05) is 13.6 Å². The Labute approximate surface area is 95.3 Å². The van der Waals surface area contributed by atoms with Crippen molar-refractivity contribution in [1.29, 1.82) is 0 Å². The third-order valence-electron chi connectivity index (χ3n) is 3.07. The molecule has 82 valence electrons. The summed E-state index contributed by atoms with van der Waals surface area (Å²) in [5.74, 6) is 0. The molecular formula is C13H15N3. The number of para-hydroxylation sites is 1. The van der Waals surface area contributed by atoms with Gasteiger partial charge in [-0.05, 0) is 19.2 Å². The number of likely N-dealkylation sites (N-methyl/N-ethyl adjacent to an activating group) is 1. The van der Waals surface area contributed by atoms with Crippen LogP contribution in [-0.4, -0.2) is 28.3 Å². The first-order valence-corrected chi connectivity index (χ1v) is 5.64. The lowest BCUT2D eigenvalue weighted by atomic mass is 10.1. The number of fused-ring (bicyclic) bond motifs is 1. The van der Waals surface area contributed by atoms with Crippen molar-refractivity contribution in [2.45, 2.75) is 13.0 Å². The van der Waals surface area contributed by atoms with Crippen molar-refractivity contribution in [1.82, 2.24) is 14.7 Å². The van der Waals surface area contributed by atoms with E-state index < -0.39 is 0 Å². The second-order valence-electron chi connectivity index (χ2n) is 4.37. The zero-order chi connectivity index (χ0) is 11.0. The lowest BCUT2D eigenvalue weighted by Crippen LogP contribution is -2.25. The van der Waals surface area contributed by atoms with E-state index in [-0.39, 0.29) is 0 Å². The van der Waals surface area contributed by atoms with E-state index in [1.807, 2.05) is 22.9 Å². The highest BCUT2D eigenvalue weighted by Gasteiger charge is 2.16. The highest BCUT2D eigenvalue weighted by molar-refractivity contribution is 5.33. The highest BCUT2D eigenvalue weighted by Crippen LogP contribution is 2.18. The van der Waals surface area contributed by atoms with Gasteiger partial charge in [-0.2, -0.15) is 5.10 Å². The highest BCUT2D eigenvalue weighted by atomic mass is 15.3. The maximum Gasteiger partial charge on any atom is 0.0686 e. The summed E-state index contributed by atoms with van der Waals surface area (Å²) < 4.78 is 1.99. The van der Waals surface area contributed by atoms with E-state index in [1.54, 1.807) is 0 Å². The van der Waals surface area contributed by atoms with Crippen molar-refractivity contribution < 1.29 is 0 Å². The zero-order valence-electron chi connectivity index (χ0n) is 9.43. The van der Waals surface area contributed by atoms with Gasteiger partial charge in [0, 0.05) is 31.3 Å². The quantitative estimate of drug-likeness (QED) is 0.721. The van der Waals surface area contributed by atoms with E-state index in [2.05, 4.69) is 35.4 Å². The minimum absolute atomic E-state index is 1.02. The molecule has 0 bridgehead atoms. The second-order valence-corrected chi connectivity index (χ2v) is 4.37. The van der Waals surface area contributed by atoms with E-state index in [1.165, 1.54) is 11.3 Å². The third-order valence-corrected chi connectivity index (χ3v) is 3.07. The van der Waals surface area contributed by atoms with Gasteiger partial charge in [-0.3, -0.25) is 0 Å². The first-order chi connectivity index (χ1) is 7.83. The van der Waals surface area contributed by atoms with Gasteiger partial charge in [0.25, 0.3) is 0 Å². The molecule has 3 nitrogen and oxygen atoms in total. The normalized spacial score (nSPS) is 16.1. The van der Waals surface area contributed by atoms with E-state index in [0.717, 1.165) is 25.2 Å². The maximum absolute atomic E-state index is 4.65. The largest absolute Gasteiger partial charge is 0.302 e. The Hall–Kier alpha value is -1.61. The van der Waals surface area contributed by atoms with Gasteiger partial charge in [0.2, 0.25) is 0 Å². The Kier molecular flexibility index (Phi) is 2.26. The fraction of sp³-hybridized carbons (Fsp3) is 0.308. The predicted molar refractivity (Wildman–Crippen MR) is 63.6 cm³/mol. The monoisotopic (exact) mass is 213 g/mol. The molecule has 0 amide bonds. The molecule has 2 aromatic rings. The van der Waals surface area contributed by atoms with E-state index >= 15 is 0 Å². The van der Waals surface area contributed by atoms with Crippen molar-refractivity contribution >= 4 is 0 Å². The summed E-state index contributed by atoms with van der Waals surface area (Å²) in [6.45, 7) is 2.13. The zero-order valence-corrected chi connectivity index (χ0v) is 9.43. The van der Waals surface area contributed by atoms with Crippen molar-refractivity contribution in [2.24, 2.45) is 0 Å². The maximum atomic E-state index is 4.65. The molecule has 1 aliphatic heterocycles. The molecular weight excluding hydrogens is 198 g/mol. The van der Waals surface area contributed by atoms with Crippen LogP contribution in [0.3, 0.4) is 0 Å². The Morgan fingerprint density at radius 1 is 1.19 bits per heavy atom. The van der Waals surface area contributed by atoms with Gasteiger partial charge in [-0.25, -0.2) is 4.68 Å². The Morgan fingerprint density at radius 3 is 2.81 bits per heavy atom. The fourth-order valence-electron chi connectivity index (χ4n) is 2.17. The standard InChI is InChI=1S/C13H15N3/c1-15-8-7-13-11(9-15)10-16(14-13)12-5-3-2-4-6-12/h2-6,10H,7-9H2,1H3. The fourth-order valence-corrected chi connectivity index (χ4v) is 2.17. The summed E-state index contributed by atoms with van der Waals surface area (Å²) in [5, 5.41) is 4.65. The average molecular weight is 213 g/mol. The molecule has 1 aromatic carbocycles. The van der Waals surface area contributed by atoms with E-state index in [0.29, 0.717) is 0 Å². The Balaban J connectivity index is 1.99. The number of benzene rings is 1. The molecule has 0 saturated carbocycles. The van der Waals surface area contributed by atoms with Gasteiger partial charge < -0.3 is 4.90 Å². The molecule has 1 aromatic heterocycles. The van der Waals surface area contributed by atoms with Crippen molar-refractivity contribution in [3.05, 3.63) is 47.8 Å². The molecule has 3 rings (SSSR count). The van der Waals surface area contributed by atoms with Gasteiger partial charge in [-0.1, -0.05) is 18.2 Å². The Bertz CT molecular complexity index is 487. The summed E-state index contributed by atoms with van der Waals surface area (Å²) >= 11 is 0. The third kappa shape index (κ3) is 1.63. The van der Waals surface area contributed by atoms with Crippen LogP contribution in [0.25, 0.3) is 5.69 Å². The van der Waals surface area contributed by atoms with Gasteiger partial charge in [0.15, 0.2) is 0 Å². The lowest BCUT2D eigenvalue weighted by molar-refractivity contribution is 0.311. The number of nitrogens with zero attached hydrogens (tertiary/aromatic N) is 3. The summed E-state index contributed by atoms with van der Waals surface area (Å²) in [6.07, 6.45) is 3.21. The van der Waals surface area contributed by atoms with Crippen LogP contribution in [0.2, 0.25) is 0 Å². The van der Waals surface area contributed by atoms with Gasteiger partial charge in [0.1, 0.15) is 0 Å². The topological polar surface area (TPSA) is 21.1 Å². The number of hydrogen-bond acceptors (Lipinski definition) is 2. The molecule has 3 heteroatoms. The molecule has 0 radical (unpaired) electrons. The first kappa shape index (κ1) is 9.60. The number of hydrogen-bond donors (Lipinski definition) is 0. The average Bonchev–Trinajstić information content (AvgIpc) is 2.73. The van der Waals surface area contributed by atoms with Crippen LogP contribution in [0.1, 0.15) is 11.3 Å². The summed E-state index contributed by atoms with van der Waals surface area (Å²) in [7, 11) is 2.16. The molecule has 0 unspecified atom stereocenters. The molecule has 0 N–H and O–H groups in total. The van der Waals surface area contributed by atoms with E-state index in [9.17, 15) is 0 Å². The number of aromatic nitrogens is 2. The first-order valence-electron chi connectivity index (χ1n) is 5.64. The van der Waals surface area contributed by atoms with Crippen LogP contribution >= 0.6 is 0 Å². The SMILES string of the molecule is CN1CCc2nn(-c3ccccc3)cc2C1. The molecule has 0 fully saturated rings. The minimum Gasteiger partial charge on any atom is -0.302 e. The lowest BCUT2D eigenvalue weighted by Gasteiger charge is -2.20. The van der Waals surface area contributed by atoms with Gasteiger partial charge >= 0.3 is 0 Å². The second kappa shape index (κ2) is 3.76. The number of rotatable bonds is 1. The van der Waals surface area contributed by atoms with Crippen molar-refractivity contribution in [3.63, 3.8) is 0 Å². The smallest absolute Gasteiger partial charge is 0.0686 e. The predicted octanol–water partition coefficient (Wildman–Crippen LogP) is 1.86. The van der Waals surface area contributed by atoms with Crippen LogP contribution in [0.4, 0.5) is 0 Å². The summed E-state index contributed by atoms with van der Waals surface area (Å²) in [6, 6.07) is 10.3. The Morgan fingerprint density at radius 2 is 2.00 bits per heavy atom. The molecule has 1 aliphatic rings. The molecule has 2 heterocycles. The van der Waals surface area contributed by atoms with Crippen LogP contribution in [0, 0.1) is 0 Å². The van der Waals surface area contributed by atoms with Crippen LogP contribution in [0.15, 0.2) is 36.5 Å².